The van der Waals surface area contributed by atoms with Gasteiger partial charge in [0.2, 0.25) is 0 Å². The lowest BCUT2D eigenvalue weighted by atomic mass is 10.1. The molecule has 6 nitrogen and oxygen atoms in total. The number of hydrogen-bond acceptors (Lipinski definition) is 5. The van der Waals surface area contributed by atoms with Gasteiger partial charge in [-0.3, -0.25) is 4.99 Å². The Balaban J connectivity index is 1.88. The van der Waals surface area contributed by atoms with Gasteiger partial charge >= 0.3 is 6.09 Å². The molecule has 0 aliphatic carbocycles. The maximum Gasteiger partial charge on any atom is 0.407 e. The average Bonchev–Trinajstić information content (AvgIpc) is 2.82. The maximum atomic E-state index is 11.6. The number of nitrogens with one attached hydrogen (secondary N) is 1. The number of nitrogen functional groups attached to an aromatic ring is 1. The summed E-state index contributed by atoms with van der Waals surface area (Å²) < 4.78 is 5.20. The molecule has 0 saturated carbocycles. The van der Waals surface area contributed by atoms with Crippen molar-refractivity contribution in [2.75, 3.05) is 30.8 Å². The Bertz CT molecular complexity index is 591. The lowest BCUT2D eigenvalue weighted by molar-refractivity contribution is 0.0529. The molecule has 120 valence electrons. The summed E-state index contributed by atoms with van der Waals surface area (Å²) in [5.41, 5.74) is 9.54. The molecule has 0 spiro atoms. The minimum Gasteiger partial charge on any atom is -0.444 e. The number of rotatable bonds is 4. The molecule has 1 aliphatic heterocycles. The molecule has 0 saturated heterocycles. The van der Waals surface area contributed by atoms with Gasteiger partial charge in [-0.2, -0.15) is 0 Å². The molecule has 0 fully saturated rings. The third-order valence-corrected chi connectivity index (χ3v) is 3.31. The smallest absolute Gasteiger partial charge is 0.407 e. The SMILES string of the molecule is CN(CCNC(=O)OC(C)(C)C)c1cc2c(cc1N)C=NC2. The van der Waals surface area contributed by atoms with Gasteiger partial charge in [0.15, 0.2) is 0 Å². The van der Waals surface area contributed by atoms with E-state index in [-0.39, 0.29) is 0 Å². The summed E-state index contributed by atoms with van der Waals surface area (Å²) in [5, 5.41) is 2.74. The molecular formula is C16H24N4O2. The predicted molar refractivity (Wildman–Crippen MR) is 89.7 cm³/mol. The lowest BCUT2D eigenvalue weighted by Gasteiger charge is -2.23. The maximum absolute atomic E-state index is 11.6. The van der Waals surface area contributed by atoms with E-state index in [2.05, 4.69) is 16.4 Å². The largest absolute Gasteiger partial charge is 0.444 e. The molecule has 3 N–H and O–H groups in total. The number of alkyl carbamates (subject to hydrolysis) is 1. The van der Waals surface area contributed by atoms with Crippen molar-refractivity contribution in [3.63, 3.8) is 0 Å². The first-order chi connectivity index (χ1) is 10.3. The minimum atomic E-state index is -0.486. The number of hydrogen-bond donors (Lipinski definition) is 2. The molecule has 0 aromatic heterocycles. The quantitative estimate of drug-likeness (QED) is 0.835. The van der Waals surface area contributed by atoms with Crippen LogP contribution in [0.1, 0.15) is 31.9 Å². The molecule has 0 radical (unpaired) electrons. The molecule has 0 unspecified atom stereocenters. The van der Waals surface area contributed by atoms with E-state index in [0.29, 0.717) is 25.3 Å². The Kier molecular flexibility index (Phi) is 4.59. The number of carbonyl (C=O) groups is 1. The van der Waals surface area contributed by atoms with Gasteiger partial charge in [-0.15, -0.1) is 0 Å². The minimum absolute atomic E-state index is 0.406. The molecule has 1 heterocycles. The van der Waals surface area contributed by atoms with Gasteiger partial charge in [-0.25, -0.2) is 4.79 Å². The van der Waals surface area contributed by atoms with Crippen LogP contribution in [0.25, 0.3) is 0 Å². The van der Waals surface area contributed by atoms with Crippen LogP contribution in [0.5, 0.6) is 0 Å². The number of ether oxygens (including phenoxy) is 1. The molecule has 1 aromatic carbocycles. The number of nitrogens with zero attached hydrogens (tertiary/aromatic N) is 2. The Morgan fingerprint density at radius 3 is 2.86 bits per heavy atom. The monoisotopic (exact) mass is 304 g/mol. The highest BCUT2D eigenvalue weighted by atomic mass is 16.6. The fourth-order valence-corrected chi connectivity index (χ4v) is 2.26. The Morgan fingerprint density at radius 1 is 1.45 bits per heavy atom. The summed E-state index contributed by atoms with van der Waals surface area (Å²) in [6.07, 6.45) is 1.44. The number of anilines is 2. The molecule has 1 aliphatic rings. The normalized spacial score (nSPS) is 12.9. The van der Waals surface area contributed by atoms with E-state index in [1.807, 2.05) is 45.0 Å². The van der Waals surface area contributed by atoms with E-state index in [0.717, 1.165) is 11.3 Å². The number of benzene rings is 1. The van der Waals surface area contributed by atoms with Crippen LogP contribution in [0, 0.1) is 0 Å². The summed E-state index contributed by atoms with van der Waals surface area (Å²) >= 11 is 0. The Hall–Kier alpha value is -2.24. The third kappa shape index (κ3) is 4.13. The number of amides is 1. The van der Waals surface area contributed by atoms with Crippen LogP contribution < -0.4 is 16.0 Å². The van der Waals surface area contributed by atoms with Crippen molar-refractivity contribution >= 4 is 23.7 Å². The van der Waals surface area contributed by atoms with Gasteiger partial charge in [0, 0.05) is 26.4 Å². The fraction of sp³-hybridized carbons (Fsp3) is 0.500. The molecule has 0 bridgehead atoms. The molecule has 0 atom stereocenters. The van der Waals surface area contributed by atoms with Crippen molar-refractivity contribution in [3.05, 3.63) is 23.3 Å². The molecular weight excluding hydrogens is 280 g/mol. The average molecular weight is 304 g/mol. The number of aliphatic imine (C=N–C) groups is 1. The zero-order valence-corrected chi connectivity index (χ0v) is 13.6. The fourth-order valence-electron chi connectivity index (χ4n) is 2.26. The van der Waals surface area contributed by atoms with E-state index >= 15 is 0 Å². The first-order valence-electron chi connectivity index (χ1n) is 7.36. The highest BCUT2D eigenvalue weighted by Gasteiger charge is 2.16. The van der Waals surface area contributed by atoms with Crippen LogP contribution in [-0.4, -0.2) is 38.0 Å². The van der Waals surface area contributed by atoms with Crippen LogP contribution in [0.2, 0.25) is 0 Å². The van der Waals surface area contributed by atoms with Crippen molar-refractivity contribution in [3.8, 4) is 0 Å². The van der Waals surface area contributed by atoms with Crippen LogP contribution in [0.4, 0.5) is 16.2 Å². The van der Waals surface area contributed by atoms with Crippen molar-refractivity contribution in [1.82, 2.24) is 5.32 Å². The number of nitrogens with two attached hydrogens (primary N) is 1. The molecule has 1 aromatic rings. The van der Waals surface area contributed by atoms with Crippen LogP contribution in [0.3, 0.4) is 0 Å². The topological polar surface area (TPSA) is 80.0 Å². The van der Waals surface area contributed by atoms with Crippen molar-refractivity contribution in [2.24, 2.45) is 4.99 Å². The highest BCUT2D eigenvalue weighted by Crippen LogP contribution is 2.28. The van der Waals surface area contributed by atoms with Gasteiger partial charge in [-0.1, -0.05) is 0 Å². The predicted octanol–water partition coefficient (Wildman–Crippen LogP) is 2.16. The van der Waals surface area contributed by atoms with Crippen molar-refractivity contribution < 1.29 is 9.53 Å². The van der Waals surface area contributed by atoms with Crippen LogP contribution in [0.15, 0.2) is 17.1 Å². The lowest BCUT2D eigenvalue weighted by Crippen LogP contribution is -2.37. The molecule has 2 rings (SSSR count). The van der Waals surface area contributed by atoms with E-state index < -0.39 is 11.7 Å². The summed E-state index contributed by atoms with van der Waals surface area (Å²) in [7, 11) is 1.95. The van der Waals surface area contributed by atoms with E-state index in [9.17, 15) is 4.79 Å². The zero-order chi connectivity index (χ0) is 16.3. The Morgan fingerprint density at radius 2 is 2.18 bits per heavy atom. The second kappa shape index (κ2) is 6.25. The summed E-state index contributed by atoms with van der Waals surface area (Å²) in [6, 6.07) is 4.00. The second-order valence-corrected chi connectivity index (χ2v) is 6.43. The van der Waals surface area contributed by atoms with Gasteiger partial charge in [0.25, 0.3) is 0 Å². The molecule has 22 heavy (non-hydrogen) atoms. The van der Waals surface area contributed by atoms with Gasteiger partial charge in [0.05, 0.1) is 17.9 Å². The first kappa shape index (κ1) is 16.1. The summed E-state index contributed by atoms with van der Waals surface area (Å²) in [6.45, 7) is 7.35. The van der Waals surface area contributed by atoms with E-state index in [4.69, 9.17) is 10.5 Å². The summed E-state index contributed by atoms with van der Waals surface area (Å²) in [4.78, 5) is 17.9. The van der Waals surface area contributed by atoms with E-state index in [1.165, 1.54) is 5.56 Å². The number of fused-ring (bicyclic) bond motifs is 1. The van der Waals surface area contributed by atoms with Gasteiger partial charge in [-0.05, 0) is 44.0 Å². The highest BCUT2D eigenvalue weighted by molar-refractivity contribution is 5.88. The molecule has 6 heteroatoms. The Labute approximate surface area is 131 Å². The molecule has 1 amide bonds. The van der Waals surface area contributed by atoms with Crippen molar-refractivity contribution in [1.29, 1.82) is 0 Å². The number of likely N-dealkylation sites (N-methyl/N-ethyl adjacent to an activating group) is 1. The van der Waals surface area contributed by atoms with E-state index in [1.54, 1.807) is 0 Å². The van der Waals surface area contributed by atoms with Gasteiger partial charge < -0.3 is 20.7 Å². The van der Waals surface area contributed by atoms with Gasteiger partial charge in [0.1, 0.15) is 5.60 Å². The van der Waals surface area contributed by atoms with Crippen LogP contribution in [-0.2, 0) is 11.3 Å². The zero-order valence-electron chi connectivity index (χ0n) is 13.6. The third-order valence-electron chi connectivity index (χ3n) is 3.31. The number of carbonyl (C=O) groups excluding carboxylic acids is 1. The first-order valence-corrected chi connectivity index (χ1v) is 7.36. The van der Waals surface area contributed by atoms with Crippen molar-refractivity contribution in [2.45, 2.75) is 32.9 Å². The second-order valence-electron chi connectivity index (χ2n) is 6.43. The standard InChI is InChI=1S/C16H24N4O2/c1-16(2,3)22-15(21)19-5-6-20(4)14-8-12-10-18-9-11(12)7-13(14)17/h7-9H,5-6,10,17H2,1-4H3,(H,19,21). The van der Waals surface area contributed by atoms with Crippen LogP contribution >= 0.6 is 0 Å². The summed E-state index contributed by atoms with van der Waals surface area (Å²) in [5.74, 6) is 0.